The van der Waals surface area contributed by atoms with Crippen molar-refractivity contribution in [1.82, 2.24) is 4.98 Å². The summed E-state index contributed by atoms with van der Waals surface area (Å²) in [4.78, 5) is 5.19. The molecule has 0 spiro atoms. The Labute approximate surface area is 95.5 Å². The van der Waals surface area contributed by atoms with E-state index in [4.69, 9.17) is 0 Å². The fraction of sp³-hybridized carbons (Fsp3) is 0.667. The molecule has 4 heteroatoms. The van der Waals surface area contributed by atoms with Gasteiger partial charge in [0, 0.05) is 16.0 Å². The molecule has 0 amide bonds. The number of halogens is 1. The summed E-state index contributed by atoms with van der Waals surface area (Å²) < 4.78 is 0. The van der Waals surface area contributed by atoms with Crippen molar-refractivity contribution in [1.29, 1.82) is 0 Å². The Kier molecular flexibility index (Phi) is 3.32. The van der Waals surface area contributed by atoms with Gasteiger partial charge in [-0.25, -0.2) is 4.98 Å². The molecule has 0 aromatic carbocycles. The fourth-order valence-electron chi connectivity index (χ4n) is 1.53. The van der Waals surface area contributed by atoms with E-state index in [9.17, 15) is 0 Å². The summed E-state index contributed by atoms with van der Waals surface area (Å²) in [5.41, 5.74) is 1.28. The number of hydrogen-bond acceptors (Lipinski definition) is 3. The van der Waals surface area contributed by atoms with Gasteiger partial charge in [-0.15, -0.1) is 11.3 Å². The van der Waals surface area contributed by atoms with Crippen molar-refractivity contribution in [3.05, 3.63) is 16.1 Å². The molecule has 1 saturated heterocycles. The minimum Gasteiger partial charge on any atom is -0.247 e. The molecule has 1 aromatic heterocycles. The van der Waals surface area contributed by atoms with Gasteiger partial charge in [-0.2, -0.15) is 11.8 Å². The lowest BCUT2D eigenvalue weighted by atomic mass is 10.0. The highest BCUT2D eigenvalue weighted by Gasteiger charge is 2.25. The van der Waals surface area contributed by atoms with Crippen molar-refractivity contribution in [2.24, 2.45) is 5.92 Å². The monoisotopic (exact) mass is 277 g/mol. The highest BCUT2D eigenvalue weighted by atomic mass is 79.9. The van der Waals surface area contributed by atoms with E-state index in [0.29, 0.717) is 4.83 Å². The number of rotatable bonds is 2. The lowest BCUT2D eigenvalue weighted by Crippen LogP contribution is -2.14. The van der Waals surface area contributed by atoms with E-state index in [1.54, 1.807) is 11.3 Å². The van der Waals surface area contributed by atoms with Crippen LogP contribution < -0.4 is 0 Å². The molecule has 0 aliphatic carbocycles. The SMILES string of the molecule is Cc1nc(CC2CSCC2Br)cs1. The van der Waals surface area contributed by atoms with Crippen molar-refractivity contribution in [3.8, 4) is 0 Å². The summed E-state index contributed by atoms with van der Waals surface area (Å²) in [5.74, 6) is 3.33. The summed E-state index contributed by atoms with van der Waals surface area (Å²) in [6, 6.07) is 0. The molecule has 1 aromatic rings. The van der Waals surface area contributed by atoms with E-state index in [1.807, 2.05) is 11.8 Å². The Balaban J connectivity index is 1.97. The van der Waals surface area contributed by atoms with Crippen molar-refractivity contribution in [3.63, 3.8) is 0 Å². The molecule has 1 aliphatic heterocycles. The van der Waals surface area contributed by atoms with Gasteiger partial charge in [-0.3, -0.25) is 0 Å². The standard InChI is InChI=1S/C9H12BrNS2/c1-6-11-8(4-13-6)2-7-3-12-5-9(7)10/h4,7,9H,2-3,5H2,1H3. The maximum Gasteiger partial charge on any atom is 0.0897 e. The topological polar surface area (TPSA) is 12.9 Å². The largest absolute Gasteiger partial charge is 0.247 e. The average Bonchev–Trinajstić information content (AvgIpc) is 2.64. The van der Waals surface area contributed by atoms with Crippen LogP contribution in [0, 0.1) is 12.8 Å². The van der Waals surface area contributed by atoms with E-state index in [-0.39, 0.29) is 0 Å². The zero-order valence-electron chi connectivity index (χ0n) is 7.50. The third-order valence-electron chi connectivity index (χ3n) is 2.26. The summed E-state index contributed by atoms with van der Waals surface area (Å²) in [6.45, 7) is 2.07. The van der Waals surface area contributed by atoms with Crippen LogP contribution in [0.5, 0.6) is 0 Å². The average molecular weight is 278 g/mol. The number of aryl methyl sites for hydroxylation is 1. The number of nitrogens with zero attached hydrogens (tertiary/aromatic N) is 1. The molecule has 72 valence electrons. The molecule has 0 radical (unpaired) electrons. The molecule has 1 fully saturated rings. The normalized spacial score (nSPS) is 28.2. The summed E-state index contributed by atoms with van der Waals surface area (Å²) in [6.07, 6.45) is 1.15. The minimum absolute atomic E-state index is 0.694. The van der Waals surface area contributed by atoms with Gasteiger partial charge in [-0.05, 0) is 25.0 Å². The maximum atomic E-state index is 4.50. The summed E-state index contributed by atoms with van der Waals surface area (Å²) in [5, 5.41) is 3.38. The second-order valence-corrected chi connectivity index (χ2v) is 6.69. The van der Waals surface area contributed by atoms with Crippen molar-refractivity contribution in [2.75, 3.05) is 11.5 Å². The van der Waals surface area contributed by atoms with Crippen molar-refractivity contribution < 1.29 is 0 Å². The molecule has 1 nitrogen and oxygen atoms in total. The molecule has 13 heavy (non-hydrogen) atoms. The Morgan fingerprint density at radius 2 is 2.46 bits per heavy atom. The van der Waals surface area contributed by atoms with Crippen LogP contribution in [0.4, 0.5) is 0 Å². The van der Waals surface area contributed by atoms with Gasteiger partial charge in [0.1, 0.15) is 0 Å². The molecule has 2 rings (SSSR count). The van der Waals surface area contributed by atoms with E-state index in [2.05, 4.69) is 33.2 Å². The Morgan fingerprint density at radius 1 is 1.62 bits per heavy atom. The van der Waals surface area contributed by atoms with Crippen molar-refractivity contribution >= 4 is 39.0 Å². The van der Waals surface area contributed by atoms with E-state index < -0.39 is 0 Å². The number of thioether (sulfide) groups is 1. The number of alkyl halides is 1. The second-order valence-electron chi connectivity index (χ2n) is 3.38. The number of hydrogen-bond donors (Lipinski definition) is 0. The van der Waals surface area contributed by atoms with Crippen LogP contribution in [0.2, 0.25) is 0 Å². The third kappa shape index (κ3) is 2.48. The van der Waals surface area contributed by atoms with Crippen LogP contribution in [0.3, 0.4) is 0 Å². The Morgan fingerprint density at radius 3 is 3.00 bits per heavy atom. The first-order valence-electron chi connectivity index (χ1n) is 4.38. The van der Waals surface area contributed by atoms with Gasteiger partial charge in [0.25, 0.3) is 0 Å². The first-order chi connectivity index (χ1) is 6.25. The Hall–Kier alpha value is 0.460. The minimum atomic E-state index is 0.694. The van der Waals surface area contributed by atoms with Gasteiger partial charge in [0.05, 0.1) is 10.7 Å². The maximum absolute atomic E-state index is 4.50. The van der Waals surface area contributed by atoms with E-state index in [1.165, 1.54) is 22.2 Å². The van der Waals surface area contributed by atoms with E-state index >= 15 is 0 Å². The lowest BCUT2D eigenvalue weighted by molar-refractivity contribution is 0.608. The van der Waals surface area contributed by atoms with Crippen LogP contribution in [-0.4, -0.2) is 21.3 Å². The van der Waals surface area contributed by atoms with E-state index in [0.717, 1.165) is 12.3 Å². The van der Waals surface area contributed by atoms with Gasteiger partial charge < -0.3 is 0 Å². The smallest absolute Gasteiger partial charge is 0.0897 e. The third-order valence-corrected chi connectivity index (χ3v) is 5.84. The summed E-state index contributed by atoms with van der Waals surface area (Å²) >= 11 is 7.52. The molecular formula is C9H12BrNS2. The molecule has 2 atom stereocenters. The molecular weight excluding hydrogens is 266 g/mol. The first-order valence-corrected chi connectivity index (χ1v) is 7.33. The number of aromatic nitrogens is 1. The zero-order chi connectivity index (χ0) is 9.26. The number of thiazole rings is 1. The second kappa shape index (κ2) is 4.32. The Bertz CT molecular complexity index is 287. The van der Waals surface area contributed by atoms with Crippen LogP contribution in [0.25, 0.3) is 0 Å². The van der Waals surface area contributed by atoms with Crippen LogP contribution in [-0.2, 0) is 6.42 Å². The predicted molar refractivity (Wildman–Crippen MR) is 64.1 cm³/mol. The molecule has 0 N–H and O–H groups in total. The van der Waals surface area contributed by atoms with Gasteiger partial charge in [-0.1, -0.05) is 15.9 Å². The molecule has 0 bridgehead atoms. The molecule has 2 heterocycles. The molecule has 2 unspecified atom stereocenters. The van der Waals surface area contributed by atoms with Gasteiger partial charge in [0.15, 0.2) is 0 Å². The molecule has 1 aliphatic rings. The summed E-state index contributed by atoms with van der Waals surface area (Å²) in [7, 11) is 0. The highest BCUT2D eigenvalue weighted by molar-refractivity contribution is 9.09. The zero-order valence-corrected chi connectivity index (χ0v) is 10.7. The highest BCUT2D eigenvalue weighted by Crippen LogP contribution is 2.32. The van der Waals surface area contributed by atoms with Crippen molar-refractivity contribution in [2.45, 2.75) is 18.2 Å². The van der Waals surface area contributed by atoms with Crippen LogP contribution in [0.1, 0.15) is 10.7 Å². The molecule has 0 saturated carbocycles. The van der Waals surface area contributed by atoms with Gasteiger partial charge >= 0.3 is 0 Å². The van der Waals surface area contributed by atoms with Crippen LogP contribution >= 0.6 is 39.0 Å². The first kappa shape index (κ1) is 9.99. The lowest BCUT2D eigenvalue weighted by Gasteiger charge is -2.10. The van der Waals surface area contributed by atoms with Crippen LogP contribution in [0.15, 0.2) is 5.38 Å². The predicted octanol–water partition coefficient (Wildman–Crippen LogP) is 3.12. The fourth-order valence-corrected chi connectivity index (χ4v) is 4.62. The van der Waals surface area contributed by atoms with Gasteiger partial charge in [0.2, 0.25) is 0 Å². The quantitative estimate of drug-likeness (QED) is 0.771.